The highest BCUT2D eigenvalue weighted by molar-refractivity contribution is 5.94. The minimum absolute atomic E-state index is 0.0983. The highest BCUT2D eigenvalue weighted by atomic mass is 16.5. The van der Waals surface area contributed by atoms with Crippen LogP contribution in [-0.2, 0) is 4.74 Å². The molecule has 0 bridgehead atoms. The minimum Gasteiger partial charge on any atom is -0.376 e. The first-order chi connectivity index (χ1) is 9.19. The van der Waals surface area contributed by atoms with Crippen molar-refractivity contribution >= 4 is 11.7 Å². The van der Waals surface area contributed by atoms with Gasteiger partial charge in [0.15, 0.2) is 0 Å². The fourth-order valence-electron chi connectivity index (χ4n) is 2.18. The SMILES string of the molecule is CCNc1ccc(C(=O)NCC2(OC)CCC2)cn1. The third-order valence-electron chi connectivity index (χ3n) is 3.65. The van der Waals surface area contributed by atoms with E-state index >= 15 is 0 Å². The molecule has 19 heavy (non-hydrogen) atoms. The second-order valence-electron chi connectivity index (χ2n) is 4.89. The summed E-state index contributed by atoms with van der Waals surface area (Å²) < 4.78 is 5.47. The van der Waals surface area contributed by atoms with Gasteiger partial charge in [0.2, 0.25) is 0 Å². The zero-order valence-electron chi connectivity index (χ0n) is 11.5. The molecule has 5 nitrogen and oxygen atoms in total. The van der Waals surface area contributed by atoms with Crippen LogP contribution < -0.4 is 10.6 Å². The zero-order valence-corrected chi connectivity index (χ0v) is 11.5. The van der Waals surface area contributed by atoms with E-state index < -0.39 is 0 Å². The van der Waals surface area contributed by atoms with Crippen LogP contribution in [0.1, 0.15) is 36.5 Å². The van der Waals surface area contributed by atoms with E-state index in [2.05, 4.69) is 15.6 Å². The van der Waals surface area contributed by atoms with Crippen molar-refractivity contribution in [3.05, 3.63) is 23.9 Å². The summed E-state index contributed by atoms with van der Waals surface area (Å²) in [7, 11) is 1.71. The number of carbonyl (C=O) groups excluding carboxylic acids is 1. The first kappa shape index (κ1) is 13.8. The van der Waals surface area contributed by atoms with E-state index in [1.807, 2.05) is 13.0 Å². The van der Waals surface area contributed by atoms with Gasteiger partial charge < -0.3 is 15.4 Å². The predicted molar refractivity (Wildman–Crippen MR) is 74.3 cm³/mol. The number of methoxy groups -OCH3 is 1. The number of hydrogen-bond acceptors (Lipinski definition) is 4. The normalized spacial score (nSPS) is 16.5. The van der Waals surface area contributed by atoms with Gasteiger partial charge in [0.05, 0.1) is 11.2 Å². The fourth-order valence-corrected chi connectivity index (χ4v) is 2.18. The van der Waals surface area contributed by atoms with Crippen LogP contribution in [0.15, 0.2) is 18.3 Å². The summed E-state index contributed by atoms with van der Waals surface area (Å²) in [5, 5.41) is 6.01. The molecule has 0 aliphatic heterocycles. The van der Waals surface area contributed by atoms with Crippen molar-refractivity contribution in [1.82, 2.24) is 10.3 Å². The van der Waals surface area contributed by atoms with Gasteiger partial charge in [-0.25, -0.2) is 4.98 Å². The smallest absolute Gasteiger partial charge is 0.252 e. The van der Waals surface area contributed by atoms with Crippen LogP contribution in [0, 0.1) is 0 Å². The summed E-state index contributed by atoms with van der Waals surface area (Å²) in [5.74, 6) is 0.685. The van der Waals surface area contributed by atoms with E-state index in [1.54, 1.807) is 19.4 Å². The van der Waals surface area contributed by atoms with Gasteiger partial charge in [0.1, 0.15) is 5.82 Å². The average Bonchev–Trinajstić information content (AvgIpc) is 2.39. The Morgan fingerprint density at radius 1 is 1.47 bits per heavy atom. The van der Waals surface area contributed by atoms with Crippen LogP contribution in [0.3, 0.4) is 0 Å². The molecule has 0 atom stereocenters. The highest BCUT2D eigenvalue weighted by Gasteiger charge is 2.37. The molecule has 2 N–H and O–H groups in total. The Morgan fingerprint density at radius 2 is 2.26 bits per heavy atom. The molecule has 0 spiro atoms. The van der Waals surface area contributed by atoms with Gasteiger partial charge in [-0.15, -0.1) is 0 Å². The maximum Gasteiger partial charge on any atom is 0.252 e. The van der Waals surface area contributed by atoms with E-state index in [0.717, 1.165) is 25.2 Å². The van der Waals surface area contributed by atoms with Gasteiger partial charge >= 0.3 is 0 Å². The summed E-state index contributed by atoms with van der Waals surface area (Å²) in [4.78, 5) is 16.2. The van der Waals surface area contributed by atoms with Crippen LogP contribution in [0.5, 0.6) is 0 Å². The zero-order chi connectivity index (χ0) is 13.7. The Labute approximate surface area is 113 Å². The summed E-state index contributed by atoms with van der Waals surface area (Å²) >= 11 is 0. The Balaban J connectivity index is 1.89. The molecule has 1 heterocycles. The molecule has 1 aromatic heterocycles. The molecule has 1 saturated carbocycles. The number of nitrogens with zero attached hydrogens (tertiary/aromatic N) is 1. The monoisotopic (exact) mass is 263 g/mol. The van der Waals surface area contributed by atoms with Crippen molar-refractivity contribution in [2.45, 2.75) is 31.8 Å². The molecule has 1 amide bonds. The topological polar surface area (TPSA) is 63.2 Å². The summed E-state index contributed by atoms with van der Waals surface area (Å²) in [6.07, 6.45) is 4.79. The van der Waals surface area contributed by atoms with Crippen molar-refractivity contribution < 1.29 is 9.53 Å². The average molecular weight is 263 g/mol. The molecule has 0 unspecified atom stereocenters. The number of hydrogen-bond donors (Lipinski definition) is 2. The third kappa shape index (κ3) is 3.23. The quantitative estimate of drug-likeness (QED) is 0.821. The molecule has 1 fully saturated rings. The number of carbonyl (C=O) groups is 1. The molecule has 0 radical (unpaired) electrons. The van der Waals surface area contributed by atoms with Crippen LogP contribution in [0.2, 0.25) is 0 Å². The van der Waals surface area contributed by atoms with Gasteiger partial charge in [0, 0.05) is 26.4 Å². The molecule has 0 saturated heterocycles. The molecule has 1 aliphatic carbocycles. The lowest BCUT2D eigenvalue weighted by molar-refractivity contribution is -0.0679. The number of ether oxygens (including phenoxy) is 1. The molecule has 104 valence electrons. The van der Waals surface area contributed by atoms with E-state index in [9.17, 15) is 4.79 Å². The molecule has 2 rings (SSSR count). The lowest BCUT2D eigenvalue weighted by atomic mass is 9.80. The second-order valence-corrected chi connectivity index (χ2v) is 4.89. The number of anilines is 1. The van der Waals surface area contributed by atoms with E-state index in [1.165, 1.54) is 6.42 Å². The van der Waals surface area contributed by atoms with Gasteiger partial charge in [-0.3, -0.25) is 4.79 Å². The van der Waals surface area contributed by atoms with Gasteiger partial charge in [-0.1, -0.05) is 0 Å². The van der Waals surface area contributed by atoms with E-state index in [-0.39, 0.29) is 11.5 Å². The van der Waals surface area contributed by atoms with Crippen molar-refractivity contribution in [2.75, 3.05) is 25.5 Å². The van der Waals surface area contributed by atoms with E-state index in [4.69, 9.17) is 4.74 Å². The summed E-state index contributed by atoms with van der Waals surface area (Å²) in [5.41, 5.74) is 0.430. The fraction of sp³-hybridized carbons (Fsp3) is 0.571. The van der Waals surface area contributed by atoms with Crippen LogP contribution >= 0.6 is 0 Å². The number of rotatable bonds is 6. The molecular weight excluding hydrogens is 242 g/mol. The highest BCUT2D eigenvalue weighted by Crippen LogP contribution is 2.34. The van der Waals surface area contributed by atoms with Gasteiger partial charge in [-0.2, -0.15) is 0 Å². The Hall–Kier alpha value is -1.62. The standard InChI is InChI=1S/C14H21N3O2/c1-3-15-12-6-5-11(9-16-12)13(18)17-10-14(19-2)7-4-8-14/h5-6,9H,3-4,7-8,10H2,1-2H3,(H,15,16)(H,17,18). The van der Waals surface area contributed by atoms with Crippen molar-refractivity contribution in [2.24, 2.45) is 0 Å². The molecule has 5 heteroatoms. The Morgan fingerprint density at radius 3 is 2.74 bits per heavy atom. The largest absolute Gasteiger partial charge is 0.376 e. The third-order valence-corrected chi connectivity index (χ3v) is 3.65. The lowest BCUT2D eigenvalue weighted by Crippen LogP contribution is -2.49. The molecule has 1 aliphatic rings. The van der Waals surface area contributed by atoms with Gasteiger partial charge in [0.25, 0.3) is 5.91 Å². The first-order valence-electron chi connectivity index (χ1n) is 6.72. The maximum atomic E-state index is 12.0. The predicted octanol–water partition coefficient (Wildman–Crippen LogP) is 1.81. The van der Waals surface area contributed by atoms with Crippen molar-refractivity contribution in [3.63, 3.8) is 0 Å². The Bertz CT molecular complexity index is 421. The first-order valence-corrected chi connectivity index (χ1v) is 6.72. The van der Waals surface area contributed by atoms with Crippen molar-refractivity contribution in [1.29, 1.82) is 0 Å². The van der Waals surface area contributed by atoms with Crippen LogP contribution in [0.25, 0.3) is 0 Å². The number of amides is 1. The summed E-state index contributed by atoms with van der Waals surface area (Å²) in [6, 6.07) is 3.59. The second kappa shape index (κ2) is 6.02. The van der Waals surface area contributed by atoms with E-state index in [0.29, 0.717) is 12.1 Å². The Kier molecular flexibility index (Phi) is 4.37. The van der Waals surface area contributed by atoms with Crippen LogP contribution in [0.4, 0.5) is 5.82 Å². The number of nitrogens with one attached hydrogen (secondary N) is 2. The molecule has 0 aromatic carbocycles. The number of aromatic nitrogens is 1. The number of pyridine rings is 1. The summed E-state index contributed by atoms with van der Waals surface area (Å²) in [6.45, 7) is 3.39. The van der Waals surface area contributed by atoms with Gasteiger partial charge in [-0.05, 0) is 38.3 Å². The molecular formula is C14H21N3O2. The van der Waals surface area contributed by atoms with Crippen molar-refractivity contribution in [3.8, 4) is 0 Å². The van der Waals surface area contributed by atoms with Crippen LogP contribution in [-0.4, -0.2) is 36.7 Å². The maximum absolute atomic E-state index is 12.0. The minimum atomic E-state index is -0.146. The lowest BCUT2D eigenvalue weighted by Gasteiger charge is -2.40. The molecule has 1 aromatic rings.